The third kappa shape index (κ3) is 0.935. The molecular weight excluding hydrogens is 214 g/mol. The molecule has 0 aromatic carbocycles. The maximum Gasteiger partial charge on any atom is 0.232 e. The van der Waals surface area contributed by atoms with Crippen molar-refractivity contribution in [2.45, 2.75) is 42.9 Å². The minimum absolute atomic E-state index is 0.0569. The van der Waals surface area contributed by atoms with E-state index >= 15 is 0 Å². The molecule has 6 nitrogen and oxygen atoms in total. The second-order valence-electron chi connectivity index (χ2n) is 5.13. The number of nitrogens with zero attached hydrogens (tertiary/aromatic N) is 1. The normalized spacial score (nSPS) is 56.9. The zero-order chi connectivity index (χ0) is 10.9. The van der Waals surface area contributed by atoms with Crippen LogP contribution in [0.5, 0.6) is 0 Å². The minimum Gasteiger partial charge on any atom is -0.368 e. The van der Waals surface area contributed by atoms with Crippen LogP contribution in [0.2, 0.25) is 0 Å². The number of hydrogen-bond donors (Lipinski definition) is 0. The molecule has 6 unspecified atom stereocenters. The lowest BCUT2D eigenvalue weighted by atomic mass is 9.72. The fraction of sp³-hybridized carbons (Fsp3) is 1.00. The van der Waals surface area contributed by atoms with Gasteiger partial charge in [0.1, 0.15) is 17.8 Å². The predicted octanol–water partition coefficient (Wildman–Crippen LogP) is -0.0231. The van der Waals surface area contributed by atoms with Gasteiger partial charge in [-0.3, -0.25) is 10.1 Å². The van der Waals surface area contributed by atoms with Gasteiger partial charge >= 0.3 is 0 Å². The van der Waals surface area contributed by atoms with Gasteiger partial charge < -0.3 is 14.2 Å². The Morgan fingerprint density at radius 2 is 2.38 bits per heavy atom. The van der Waals surface area contributed by atoms with Crippen molar-refractivity contribution < 1.29 is 19.1 Å². The Bertz CT molecular complexity index is 361. The van der Waals surface area contributed by atoms with E-state index in [1.165, 1.54) is 0 Å². The Labute approximate surface area is 92.0 Å². The summed E-state index contributed by atoms with van der Waals surface area (Å²) in [4.78, 5) is 10.4. The molecule has 4 aliphatic rings. The van der Waals surface area contributed by atoms with Gasteiger partial charge in [-0.25, -0.2) is 0 Å². The molecule has 0 amide bonds. The van der Waals surface area contributed by atoms with Crippen LogP contribution < -0.4 is 0 Å². The van der Waals surface area contributed by atoms with E-state index in [2.05, 4.69) is 0 Å². The summed E-state index contributed by atoms with van der Waals surface area (Å²) in [5.41, 5.74) is -0.499. The summed E-state index contributed by atoms with van der Waals surface area (Å²) in [5.74, 6) is 0.389. The van der Waals surface area contributed by atoms with E-state index < -0.39 is 11.7 Å². The SMILES string of the molecule is O=[N+]([O-])CC1OCCC2CC3OC21C1OC31. The number of rotatable bonds is 2. The summed E-state index contributed by atoms with van der Waals surface area (Å²) in [5, 5.41) is 10.7. The smallest absolute Gasteiger partial charge is 0.232 e. The van der Waals surface area contributed by atoms with E-state index in [-0.39, 0.29) is 29.8 Å². The van der Waals surface area contributed by atoms with E-state index in [4.69, 9.17) is 14.2 Å². The van der Waals surface area contributed by atoms with Gasteiger partial charge in [-0.2, -0.15) is 0 Å². The van der Waals surface area contributed by atoms with Crippen LogP contribution in [-0.2, 0) is 14.2 Å². The second-order valence-corrected chi connectivity index (χ2v) is 5.13. The summed E-state index contributed by atoms with van der Waals surface area (Å²) in [6.07, 6.45) is 1.90. The summed E-state index contributed by atoms with van der Waals surface area (Å²) in [7, 11) is 0. The zero-order valence-corrected chi connectivity index (χ0v) is 8.70. The van der Waals surface area contributed by atoms with Crippen molar-refractivity contribution >= 4 is 0 Å². The van der Waals surface area contributed by atoms with Gasteiger partial charge in [-0.15, -0.1) is 0 Å². The lowest BCUT2D eigenvalue weighted by molar-refractivity contribution is -0.499. The molecule has 0 N–H and O–H groups in total. The van der Waals surface area contributed by atoms with Gasteiger partial charge in [0.05, 0.1) is 6.10 Å². The molecule has 2 bridgehead atoms. The molecule has 4 heterocycles. The maximum absolute atomic E-state index is 10.7. The number of epoxide rings is 1. The molecule has 88 valence electrons. The van der Waals surface area contributed by atoms with Gasteiger partial charge in [0, 0.05) is 11.5 Å². The average molecular weight is 227 g/mol. The molecule has 16 heavy (non-hydrogen) atoms. The number of nitro groups is 1. The lowest BCUT2D eigenvalue weighted by Gasteiger charge is -2.41. The van der Waals surface area contributed by atoms with Crippen LogP contribution in [-0.4, -0.2) is 48.1 Å². The molecule has 1 spiro atoms. The van der Waals surface area contributed by atoms with Crippen molar-refractivity contribution in [3.63, 3.8) is 0 Å². The molecule has 0 aliphatic carbocycles. The summed E-state index contributed by atoms with van der Waals surface area (Å²) >= 11 is 0. The predicted molar refractivity (Wildman–Crippen MR) is 50.6 cm³/mol. The summed E-state index contributed by atoms with van der Waals surface area (Å²) in [6, 6.07) is 0. The van der Waals surface area contributed by atoms with Gasteiger partial charge in [-0.1, -0.05) is 0 Å². The largest absolute Gasteiger partial charge is 0.368 e. The summed E-state index contributed by atoms with van der Waals surface area (Å²) in [6.45, 7) is 0.439. The molecule has 6 heteroatoms. The standard InChI is InChI=1S/C10H13NO5/c12-11(13)4-7-10-5(1-2-14-7)3-6(16-10)8-9(10)15-8/h5-9H,1-4H2. The van der Waals surface area contributed by atoms with Crippen LogP contribution >= 0.6 is 0 Å². The van der Waals surface area contributed by atoms with Crippen LogP contribution in [0.3, 0.4) is 0 Å². The fourth-order valence-corrected chi connectivity index (χ4v) is 3.82. The highest BCUT2D eigenvalue weighted by atomic mass is 16.7. The van der Waals surface area contributed by atoms with Crippen molar-refractivity contribution in [1.29, 1.82) is 0 Å². The van der Waals surface area contributed by atoms with Crippen molar-refractivity contribution in [1.82, 2.24) is 0 Å². The van der Waals surface area contributed by atoms with E-state index in [0.29, 0.717) is 12.5 Å². The molecule has 0 aromatic rings. The highest BCUT2D eigenvalue weighted by molar-refractivity contribution is 5.23. The molecule has 4 fully saturated rings. The number of hydrogen-bond acceptors (Lipinski definition) is 5. The molecule has 4 rings (SSSR count). The number of ether oxygens (including phenoxy) is 3. The van der Waals surface area contributed by atoms with Crippen LogP contribution in [0.15, 0.2) is 0 Å². The topological polar surface area (TPSA) is 74.1 Å². The molecular formula is C10H13NO5. The van der Waals surface area contributed by atoms with Crippen molar-refractivity contribution in [2.24, 2.45) is 5.92 Å². The monoisotopic (exact) mass is 227 g/mol. The molecule has 4 saturated heterocycles. The van der Waals surface area contributed by atoms with Crippen LogP contribution in [0.4, 0.5) is 0 Å². The van der Waals surface area contributed by atoms with Gasteiger partial charge in [0.25, 0.3) is 0 Å². The Morgan fingerprint density at radius 3 is 3.12 bits per heavy atom. The number of fused-ring (bicyclic) bond motifs is 3. The van der Waals surface area contributed by atoms with Crippen molar-refractivity contribution in [3.8, 4) is 0 Å². The van der Waals surface area contributed by atoms with Gasteiger partial charge in [-0.05, 0) is 18.8 Å². The first kappa shape index (κ1) is 9.32. The van der Waals surface area contributed by atoms with Crippen molar-refractivity contribution in [2.75, 3.05) is 13.2 Å². The molecule has 4 aliphatic heterocycles. The third-order valence-electron chi connectivity index (χ3n) is 4.45. The quantitative estimate of drug-likeness (QED) is 0.376. The van der Waals surface area contributed by atoms with Crippen LogP contribution in [0.1, 0.15) is 12.8 Å². The maximum atomic E-state index is 10.7. The van der Waals surface area contributed by atoms with E-state index in [1.54, 1.807) is 0 Å². The Morgan fingerprint density at radius 1 is 1.50 bits per heavy atom. The van der Waals surface area contributed by atoms with E-state index in [9.17, 15) is 10.1 Å². The van der Waals surface area contributed by atoms with Crippen molar-refractivity contribution in [3.05, 3.63) is 10.1 Å². The minimum atomic E-state index is -0.499. The second kappa shape index (κ2) is 2.75. The summed E-state index contributed by atoms with van der Waals surface area (Å²) < 4.78 is 17.1. The highest BCUT2D eigenvalue weighted by Crippen LogP contribution is 2.61. The molecule has 0 saturated carbocycles. The Hall–Kier alpha value is -0.720. The lowest BCUT2D eigenvalue weighted by Crippen LogP contribution is -2.58. The van der Waals surface area contributed by atoms with Gasteiger partial charge in [0.15, 0.2) is 6.10 Å². The van der Waals surface area contributed by atoms with E-state index in [0.717, 1.165) is 12.8 Å². The molecule has 0 radical (unpaired) electrons. The average Bonchev–Trinajstić information content (AvgIpc) is 2.88. The Balaban J connectivity index is 1.69. The van der Waals surface area contributed by atoms with Gasteiger partial charge in [0.2, 0.25) is 6.54 Å². The van der Waals surface area contributed by atoms with E-state index in [1.807, 2.05) is 0 Å². The first-order valence-electron chi connectivity index (χ1n) is 5.78. The van der Waals surface area contributed by atoms with Crippen LogP contribution in [0, 0.1) is 16.0 Å². The first-order valence-corrected chi connectivity index (χ1v) is 5.78. The fourth-order valence-electron chi connectivity index (χ4n) is 3.82. The Kier molecular flexibility index (Phi) is 1.60. The first-order chi connectivity index (χ1) is 7.72. The molecule has 0 aromatic heterocycles. The molecule has 6 atom stereocenters. The van der Waals surface area contributed by atoms with Crippen LogP contribution in [0.25, 0.3) is 0 Å². The highest BCUT2D eigenvalue weighted by Gasteiger charge is 2.77. The third-order valence-corrected chi connectivity index (χ3v) is 4.45. The zero-order valence-electron chi connectivity index (χ0n) is 8.70.